The predicted octanol–water partition coefficient (Wildman–Crippen LogP) is 3.34. The van der Waals surface area contributed by atoms with Crippen LogP contribution >= 0.6 is 0 Å². The summed E-state index contributed by atoms with van der Waals surface area (Å²) in [6, 6.07) is 0.642. The smallest absolute Gasteiger partial charge is 0.0441 e. The minimum absolute atomic E-state index is 0.270. The van der Waals surface area contributed by atoms with Crippen LogP contribution in [-0.4, -0.2) is 28.3 Å². The molecular weight excluding hydrogens is 242 g/mol. The largest absolute Gasteiger partial charge is 0.313 e. The third kappa shape index (κ3) is 5.40. The van der Waals surface area contributed by atoms with Crippen LogP contribution in [0.5, 0.6) is 0 Å². The van der Waals surface area contributed by atoms with Crippen LogP contribution in [0.4, 0.5) is 0 Å². The fraction of sp³-hybridized carbons (Fsp3) is 1.00. The molecule has 0 bridgehead atoms. The van der Waals surface area contributed by atoms with E-state index in [2.05, 4.69) is 33.0 Å². The summed E-state index contributed by atoms with van der Waals surface area (Å²) in [6.07, 6.45) is 8.42. The highest BCUT2D eigenvalue weighted by molar-refractivity contribution is 7.84. The molecule has 4 unspecified atom stereocenters. The van der Waals surface area contributed by atoms with E-state index < -0.39 is 10.8 Å². The van der Waals surface area contributed by atoms with Gasteiger partial charge in [0.05, 0.1) is 0 Å². The predicted molar refractivity (Wildman–Crippen MR) is 81.3 cm³/mol. The molecule has 0 aromatic rings. The van der Waals surface area contributed by atoms with E-state index in [1.807, 2.05) is 0 Å². The molecule has 108 valence electrons. The highest BCUT2D eigenvalue weighted by Gasteiger charge is 2.27. The molecule has 3 heteroatoms. The normalized spacial score (nSPS) is 29.6. The van der Waals surface area contributed by atoms with Crippen LogP contribution in [0.15, 0.2) is 0 Å². The topological polar surface area (TPSA) is 29.1 Å². The Morgan fingerprint density at radius 2 is 1.89 bits per heavy atom. The SMILES string of the molecule is CC(CNC1CCCC(C(C)(C)C)CC1)S(C)=O. The first-order valence-electron chi connectivity index (χ1n) is 7.36. The van der Waals surface area contributed by atoms with Gasteiger partial charge < -0.3 is 5.32 Å². The molecule has 0 aromatic carbocycles. The third-order valence-electron chi connectivity index (χ3n) is 4.45. The summed E-state index contributed by atoms with van der Waals surface area (Å²) >= 11 is 0. The van der Waals surface area contributed by atoms with Gasteiger partial charge in [-0.15, -0.1) is 0 Å². The van der Waals surface area contributed by atoms with Crippen LogP contribution in [0.2, 0.25) is 0 Å². The molecule has 1 rings (SSSR count). The zero-order valence-corrected chi connectivity index (χ0v) is 13.6. The van der Waals surface area contributed by atoms with Gasteiger partial charge in [0.2, 0.25) is 0 Å². The molecule has 0 aromatic heterocycles. The van der Waals surface area contributed by atoms with Crippen molar-refractivity contribution in [2.24, 2.45) is 11.3 Å². The summed E-state index contributed by atoms with van der Waals surface area (Å²) in [4.78, 5) is 0. The third-order valence-corrected chi connectivity index (χ3v) is 5.75. The fourth-order valence-corrected chi connectivity index (χ4v) is 3.15. The van der Waals surface area contributed by atoms with E-state index in [4.69, 9.17) is 0 Å². The Morgan fingerprint density at radius 3 is 2.44 bits per heavy atom. The second-order valence-corrected chi connectivity index (χ2v) is 8.79. The van der Waals surface area contributed by atoms with Crippen LogP contribution in [0.3, 0.4) is 0 Å². The number of nitrogens with one attached hydrogen (secondary N) is 1. The highest BCUT2D eigenvalue weighted by Crippen LogP contribution is 2.36. The maximum atomic E-state index is 11.3. The molecule has 1 aliphatic rings. The van der Waals surface area contributed by atoms with Gasteiger partial charge in [-0.3, -0.25) is 4.21 Å². The van der Waals surface area contributed by atoms with E-state index >= 15 is 0 Å². The number of hydrogen-bond donors (Lipinski definition) is 1. The van der Waals surface area contributed by atoms with E-state index in [9.17, 15) is 4.21 Å². The average Bonchev–Trinajstić information content (AvgIpc) is 2.50. The Balaban J connectivity index is 2.36. The van der Waals surface area contributed by atoms with E-state index in [0.29, 0.717) is 11.5 Å². The Morgan fingerprint density at radius 1 is 1.22 bits per heavy atom. The molecule has 0 radical (unpaired) electrons. The zero-order chi connectivity index (χ0) is 13.8. The molecule has 1 N–H and O–H groups in total. The zero-order valence-electron chi connectivity index (χ0n) is 12.8. The average molecular weight is 273 g/mol. The van der Waals surface area contributed by atoms with Crippen LogP contribution in [0, 0.1) is 11.3 Å². The van der Waals surface area contributed by atoms with Gasteiger partial charge in [0, 0.05) is 34.9 Å². The van der Waals surface area contributed by atoms with Gasteiger partial charge in [0.25, 0.3) is 0 Å². The van der Waals surface area contributed by atoms with Gasteiger partial charge in [0.1, 0.15) is 0 Å². The lowest BCUT2D eigenvalue weighted by atomic mass is 9.76. The second-order valence-electron chi connectivity index (χ2n) is 6.99. The van der Waals surface area contributed by atoms with E-state index in [1.165, 1.54) is 32.1 Å². The molecule has 0 saturated heterocycles. The van der Waals surface area contributed by atoms with Crippen LogP contribution in [0.1, 0.15) is 59.8 Å². The maximum absolute atomic E-state index is 11.3. The molecular formula is C15H31NOS. The molecule has 1 aliphatic carbocycles. The summed E-state index contributed by atoms with van der Waals surface area (Å²) < 4.78 is 11.3. The van der Waals surface area contributed by atoms with Crippen LogP contribution in [0.25, 0.3) is 0 Å². The van der Waals surface area contributed by atoms with Gasteiger partial charge in [-0.05, 0) is 43.9 Å². The fourth-order valence-electron chi connectivity index (χ4n) is 2.82. The van der Waals surface area contributed by atoms with Crippen molar-refractivity contribution in [3.63, 3.8) is 0 Å². The van der Waals surface area contributed by atoms with Crippen molar-refractivity contribution in [2.75, 3.05) is 12.8 Å². The molecule has 4 atom stereocenters. The number of hydrogen-bond acceptors (Lipinski definition) is 2. The van der Waals surface area contributed by atoms with Crippen molar-refractivity contribution in [3.8, 4) is 0 Å². The number of rotatable bonds is 4. The molecule has 0 spiro atoms. The maximum Gasteiger partial charge on any atom is 0.0441 e. The van der Waals surface area contributed by atoms with Crippen molar-refractivity contribution in [3.05, 3.63) is 0 Å². The Labute approximate surface area is 116 Å². The van der Waals surface area contributed by atoms with E-state index in [-0.39, 0.29) is 5.25 Å². The molecule has 0 heterocycles. The Bertz CT molecular complexity index is 272. The van der Waals surface area contributed by atoms with E-state index in [0.717, 1.165) is 12.5 Å². The summed E-state index contributed by atoms with van der Waals surface area (Å²) in [5, 5.41) is 3.89. The second kappa shape index (κ2) is 7.04. The van der Waals surface area contributed by atoms with Gasteiger partial charge >= 0.3 is 0 Å². The minimum atomic E-state index is -0.703. The van der Waals surface area contributed by atoms with Gasteiger partial charge in [-0.2, -0.15) is 0 Å². The lowest BCUT2D eigenvalue weighted by molar-refractivity contribution is 0.213. The van der Waals surface area contributed by atoms with Gasteiger partial charge in [-0.25, -0.2) is 0 Å². The first kappa shape index (κ1) is 16.2. The highest BCUT2D eigenvalue weighted by atomic mass is 32.2. The van der Waals surface area contributed by atoms with Crippen LogP contribution < -0.4 is 5.32 Å². The summed E-state index contributed by atoms with van der Waals surface area (Å²) in [5.74, 6) is 0.863. The molecule has 2 nitrogen and oxygen atoms in total. The van der Waals surface area contributed by atoms with Crippen LogP contribution in [-0.2, 0) is 10.8 Å². The molecule has 1 fully saturated rings. The van der Waals surface area contributed by atoms with Gasteiger partial charge in [0.15, 0.2) is 0 Å². The molecule has 0 aliphatic heterocycles. The summed E-state index contributed by atoms with van der Waals surface area (Å²) in [5.41, 5.74) is 0.451. The summed E-state index contributed by atoms with van der Waals surface area (Å²) in [6.45, 7) is 10.1. The molecule has 1 saturated carbocycles. The first-order valence-corrected chi connectivity index (χ1v) is 8.98. The van der Waals surface area contributed by atoms with E-state index in [1.54, 1.807) is 6.26 Å². The Kier molecular flexibility index (Phi) is 6.32. The molecule has 18 heavy (non-hydrogen) atoms. The van der Waals surface area contributed by atoms with Crippen molar-refractivity contribution in [2.45, 2.75) is 71.1 Å². The standard InChI is InChI=1S/C15H31NOS/c1-12(18(5)17)11-16-14-8-6-7-13(9-10-14)15(2,3)4/h12-14,16H,6-11H2,1-5H3. The minimum Gasteiger partial charge on any atom is -0.313 e. The first-order chi connectivity index (χ1) is 8.30. The van der Waals surface area contributed by atoms with Crippen molar-refractivity contribution < 1.29 is 4.21 Å². The monoisotopic (exact) mass is 273 g/mol. The lowest BCUT2D eigenvalue weighted by Gasteiger charge is -2.29. The van der Waals surface area contributed by atoms with Crippen molar-refractivity contribution in [1.29, 1.82) is 0 Å². The quantitative estimate of drug-likeness (QED) is 0.796. The Hall–Kier alpha value is 0.110. The van der Waals surface area contributed by atoms with Crippen molar-refractivity contribution >= 4 is 10.8 Å². The lowest BCUT2D eigenvalue weighted by Crippen LogP contribution is -2.35. The van der Waals surface area contributed by atoms with Gasteiger partial charge in [-0.1, -0.05) is 27.2 Å². The molecule has 0 amide bonds. The van der Waals surface area contributed by atoms with Crippen molar-refractivity contribution in [1.82, 2.24) is 5.32 Å². The summed E-state index contributed by atoms with van der Waals surface area (Å²) in [7, 11) is -0.703.